The number of phenols is 2. The van der Waals surface area contributed by atoms with Crippen molar-refractivity contribution in [3.8, 4) is 11.5 Å². The molecule has 2 rings (SSSR count). The lowest BCUT2D eigenvalue weighted by Gasteiger charge is -2.15. The Morgan fingerprint density at radius 1 is 1.38 bits per heavy atom. The van der Waals surface area contributed by atoms with E-state index in [1.807, 2.05) is 6.92 Å². The molecule has 0 amide bonds. The van der Waals surface area contributed by atoms with Crippen molar-refractivity contribution in [2.75, 3.05) is 6.54 Å². The van der Waals surface area contributed by atoms with Crippen LogP contribution in [0.25, 0.3) is 0 Å². The molecule has 1 aliphatic carbocycles. The van der Waals surface area contributed by atoms with Crippen molar-refractivity contribution < 1.29 is 10.2 Å². The molecule has 3 N–H and O–H groups in total. The Morgan fingerprint density at radius 3 is 2.75 bits per heavy atom. The topological polar surface area (TPSA) is 52.5 Å². The number of hydrogen-bond acceptors (Lipinski definition) is 3. The van der Waals surface area contributed by atoms with E-state index in [0.717, 1.165) is 18.0 Å². The van der Waals surface area contributed by atoms with Gasteiger partial charge in [0.1, 0.15) is 11.5 Å². The van der Waals surface area contributed by atoms with E-state index in [2.05, 4.69) is 5.32 Å². The van der Waals surface area contributed by atoms with E-state index < -0.39 is 0 Å². The number of nitrogens with one attached hydrogen (secondary N) is 1. The number of hydrogen-bond donors (Lipinski definition) is 3. The Bertz CT molecular complexity index is 361. The lowest BCUT2D eigenvalue weighted by molar-refractivity contribution is 0.435. The Hall–Kier alpha value is -1.22. The van der Waals surface area contributed by atoms with Crippen molar-refractivity contribution in [3.63, 3.8) is 0 Å². The van der Waals surface area contributed by atoms with Gasteiger partial charge in [0, 0.05) is 17.7 Å². The summed E-state index contributed by atoms with van der Waals surface area (Å²) in [5, 5.41) is 22.3. The first-order valence-electron chi connectivity index (χ1n) is 5.92. The molecule has 1 saturated carbocycles. The summed E-state index contributed by atoms with van der Waals surface area (Å²) < 4.78 is 0. The van der Waals surface area contributed by atoms with Crippen molar-refractivity contribution in [2.45, 2.75) is 32.2 Å². The highest BCUT2D eigenvalue weighted by Crippen LogP contribution is 2.32. The first-order valence-corrected chi connectivity index (χ1v) is 5.92. The second-order valence-electron chi connectivity index (χ2n) is 4.65. The zero-order valence-corrected chi connectivity index (χ0v) is 9.61. The molecule has 0 heterocycles. The van der Waals surface area contributed by atoms with Crippen molar-refractivity contribution in [1.82, 2.24) is 5.32 Å². The molecular formula is C13H19NO2. The number of rotatable bonds is 5. The summed E-state index contributed by atoms with van der Waals surface area (Å²) in [6, 6.07) is 4.88. The zero-order valence-electron chi connectivity index (χ0n) is 9.61. The summed E-state index contributed by atoms with van der Waals surface area (Å²) >= 11 is 0. The predicted octanol–water partition coefficient (Wildman–Crippen LogP) is 2.55. The van der Waals surface area contributed by atoms with E-state index in [1.54, 1.807) is 12.1 Å². The third kappa shape index (κ3) is 2.89. The van der Waals surface area contributed by atoms with Crippen LogP contribution in [0.4, 0.5) is 0 Å². The zero-order chi connectivity index (χ0) is 11.5. The van der Waals surface area contributed by atoms with E-state index in [0.29, 0.717) is 0 Å². The van der Waals surface area contributed by atoms with Crippen LogP contribution in [0.3, 0.4) is 0 Å². The average molecular weight is 221 g/mol. The van der Waals surface area contributed by atoms with E-state index in [1.165, 1.54) is 25.3 Å². The normalized spacial score (nSPS) is 17.3. The summed E-state index contributed by atoms with van der Waals surface area (Å²) in [6.07, 6.45) is 3.98. The van der Waals surface area contributed by atoms with Gasteiger partial charge in [-0.25, -0.2) is 0 Å². The summed E-state index contributed by atoms with van der Waals surface area (Å²) in [7, 11) is 0. The van der Waals surface area contributed by atoms with E-state index in [9.17, 15) is 10.2 Å². The van der Waals surface area contributed by atoms with Gasteiger partial charge in [0.2, 0.25) is 0 Å². The molecule has 0 spiro atoms. The fourth-order valence-electron chi connectivity index (χ4n) is 1.92. The first-order chi connectivity index (χ1) is 7.66. The van der Waals surface area contributed by atoms with Gasteiger partial charge in [0.25, 0.3) is 0 Å². The average Bonchev–Trinajstić information content (AvgIpc) is 3.01. The maximum absolute atomic E-state index is 9.68. The fraction of sp³-hybridized carbons (Fsp3) is 0.538. The second-order valence-corrected chi connectivity index (χ2v) is 4.65. The van der Waals surface area contributed by atoms with Gasteiger partial charge in [-0.15, -0.1) is 0 Å². The monoisotopic (exact) mass is 221 g/mol. The highest BCUT2D eigenvalue weighted by Gasteiger charge is 2.20. The van der Waals surface area contributed by atoms with Gasteiger partial charge in [-0.2, -0.15) is 0 Å². The predicted molar refractivity (Wildman–Crippen MR) is 63.5 cm³/mol. The molecule has 3 nitrogen and oxygen atoms in total. The fourth-order valence-corrected chi connectivity index (χ4v) is 1.92. The Morgan fingerprint density at radius 2 is 2.12 bits per heavy atom. The lowest BCUT2D eigenvalue weighted by Crippen LogP contribution is -2.20. The van der Waals surface area contributed by atoms with E-state index in [4.69, 9.17) is 0 Å². The summed E-state index contributed by atoms with van der Waals surface area (Å²) in [6.45, 7) is 3.02. The molecule has 3 heteroatoms. The molecule has 1 aromatic carbocycles. The number of benzene rings is 1. The standard InChI is InChI=1S/C13H19NO2/c1-9(14-7-6-10-2-3-10)12-5-4-11(15)8-13(12)16/h4-5,8-10,14-16H,2-3,6-7H2,1H3. The van der Waals surface area contributed by atoms with Gasteiger partial charge in [-0.3, -0.25) is 0 Å². The van der Waals surface area contributed by atoms with Gasteiger partial charge >= 0.3 is 0 Å². The van der Waals surface area contributed by atoms with Crippen LogP contribution in [0.1, 0.15) is 37.8 Å². The maximum atomic E-state index is 9.68. The Balaban J connectivity index is 1.88. The highest BCUT2D eigenvalue weighted by molar-refractivity contribution is 5.40. The van der Waals surface area contributed by atoms with Crippen LogP contribution < -0.4 is 5.32 Å². The molecule has 0 radical (unpaired) electrons. The SMILES string of the molecule is CC(NCCC1CC1)c1ccc(O)cc1O. The largest absolute Gasteiger partial charge is 0.508 e. The molecular weight excluding hydrogens is 202 g/mol. The van der Waals surface area contributed by atoms with E-state index in [-0.39, 0.29) is 17.5 Å². The number of phenolic OH excluding ortho intramolecular Hbond substituents is 2. The van der Waals surface area contributed by atoms with Crippen molar-refractivity contribution in [2.24, 2.45) is 5.92 Å². The van der Waals surface area contributed by atoms with Gasteiger partial charge in [-0.05, 0) is 31.9 Å². The maximum Gasteiger partial charge on any atom is 0.124 e. The molecule has 1 atom stereocenters. The Kier molecular flexibility index (Phi) is 3.34. The van der Waals surface area contributed by atoms with Crippen LogP contribution in [0, 0.1) is 5.92 Å². The first kappa shape index (κ1) is 11.3. The molecule has 16 heavy (non-hydrogen) atoms. The van der Waals surface area contributed by atoms with Gasteiger partial charge in [0.15, 0.2) is 0 Å². The van der Waals surface area contributed by atoms with Crippen LogP contribution in [0.2, 0.25) is 0 Å². The van der Waals surface area contributed by atoms with Crippen molar-refractivity contribution in [3.05, 3.63) is 23.8 Å². The third-order valence-electron chi connectivity index (χ3n) is 3.18. The highest BCUT2D eigenvalue weighted by atomic mass is 16.3. The van der Waals surface area contributed by atoms with Crippen LogP contribution in [0.5, 0.6) is 11.5 Å². The van der Waals surface area contributed by atoms with Gasteiger partial charge < -0.3 is 15.5 Å². The molecule has 1 unspecified atom stereocenters. The molecule has 1 aromatic rings. The molecule has 0 aromatic heterocycles. The summed E-state index contributed by atoms with van der Waals surface area (Å²) in [5.74, 6) is 1.19. The summed E-state index contributed by atoms with van der Waals surface area (Å²) in [5.41, 5.74) is 0.841. The molecule has 0 aliphatic heterocycles. The summed E-state index contributed by atoms with van der Waals surface area (Å²) in [4.78, 5) is 0. The minimum absolute atomic E-state index is 0.103. The number of aromatic hydroxyl groups is 2. The van der Waals surface area contributed by atoms with Crippen molar-refractivity contribution >= 4 is 0 Å². The van der Waals surface area contributed by atoms with Crippen LogP contribution in [-0.2, 0) is 0 Å². The third-order valence-corrected chi connectivity index (χ3v) is 3.18. The van der Waals surface area contributed by atoms with Gasteiger partial charge in [0.05, 0.1) is 0 Å². The smallest absolute Gasteiger partial charge is 0.124 e. The van der Waals surface area contributed by atoms with Gasteiger partial charge in [-0.1, -0.05) is 18.9 Å². The molecule has 88 valence electrons. The molecule has 0 saturated heterocycles. The lowest BCUT2D eigenvalue weighted by atomic mass is 10.1. The quantitative estimate of drug-likeness (QED) is 0.716. The van der Waals surface area contributed by atoms with E-state index >= 15 is 0 Å². The Labute approximate surface area is 96.1 Å². The molecule has 1 fully saturated rings. The molecule has 0 bridgehead atoms. The minimum atomic E-state index is 0.103. The van der Waals surface area contributed by atoms with Crippen LogP contribution in [0.15, 0.2) is 18.2 Å². The van der Waals surface area contributed by atoms with Crippen molar-refractivity contribution in [1.29, 1.82) is 0 Å². The minimum Gasteiger partial charge on any atom is -0.508 e. The second kappa shape index (κ2) is 4.74. The molecule has 1 aliphatic rings. The van der Waals surface area contributed by atoms with Crippen LogP contribution >= 0.6 is 0 Å². The van der Waals surface area contributed by atoms with Crippen LogP contribution in [-0.4, -0.2) is 16.8 Å².